The van der Waals surface area contributed by atoms with Crippen LogP contribution in [-0.2, 0) is 32.5 Å². The van der Waals surface area contributed by atoms with Crippen LogP contribution in [0.1, 0.15) is 35.5 Å². The number of aromatic nitrogens is 2. The zero-order valence-electron chi connectivity index (χ0n) is 14.6. The summed E-state index contributed by atoms with van der Waals surface area (Å²) in [6.45, 7) is 5.42. The molecule has 2 aromatic heterocycles. The fourth-order valence-electron chi connectivity index (χ4n) is 3.65. The minimum Gasteiger partial charge on any atom is -0.364 e. The van der Waals surface area contributed by atoms with Crippen molar-refractivity contribution in [2.24, 2.45) is 0 Å². The minimum absolute atomic E-state index is 0. The molecule has 26 heavy (non-hydrogen) atoms. The largest absolute Gasteiger partial charge is 0.364 e. The van der Waals surface area contributed by atoms with Crippen molar-refractivity contribution >= 4 is 0 Å². The molecule has 3 aromatic rings. The molecule has 0 radical (unpaired) electrons. The molecule has 2 aliphatic heterocycles. The second-order valence-electron chi connectivity index (χ2n) is 6.84. The molecule has 0 unspecified atom stereocenters. The second-order valence-corrected chi connectivity index (χ2v) is 6.84. The fourth-order valence-corrected chi connectivity index (χ4v) is 3.65. The molecule has 0 atom stereocenters. The summed E-state index contributed by atoms with van der Waals surface area (Å²) in [7, 11) is 0. The predicted molar refractivity (Wildman–Crippen MR) is 108 cm³/mol. The zero-order chi connectivity index (χ0) is 16.9. The van der Waals surface area contributed by atoms with Gasteiger partial charge >= 0.3 is 0 Å². The van der Waals surface area contributed by atoms with Crippen molar-refractivity contribution in [3.05, 3.63) is 82.9 Å². The SMILES string of the molecule is C.c1cc2c([nH]1)CNCC2.c1ccc(CN2CCc3cc[nH]c3C2)cc1. The molecule has 4 heterocycles. The topological polar surface area (TPSA) is 46.9 Å². The first-order valence-electron chi connectivity index (χ1n) is 9.16. The van der Waals surface area contributed by atoms with Crippen LogP contribution in [0.2, 0.25) is 0 Å². The molecule has 0 aliphatic carbocycles. The summed E-state index contributed by atoms with van der Waals surface area (Å²) in [5, 5.41) is 3.30. The highest BCUT2D eigenvalue weighted by Crippen LogP contribution is 2.18. The smallest absolute Gasteiger partial charge is 0.0391 e. The molecule has 4 nitrogen and oxygen atoms in total. The highest BCUT2D eigenvalue weighted by molar-refractivity contribution is 5.24. The van der Waals surface area contributed by atoms with Crippen LogP contribution >= 0.6 is 0 Å². The predicted octanol–water partition coefficient (Wildman–Crippen LogP) is 3.87. The van der Waals surface area contributed by atoms with Gasteiger partial charge in [0, 0.05) is 50.0 Å². The Hall–Kier alpha value is -2.30. The Morgan fingerprint density at radius 1 is 0.846 bits per heavy atom. The molecular formula is C22H30N4. The molecule has 0 amide bonds. The van der Waals surface area contributed by atoms with Gasteiger partial charge < -0.3 is 15.3 Å². The van der Waals surface area contributed by atoms with Crippen molar-refractivity contribution < 1.29 is 0 Å². The van der Waals surface area contributed by atoms with Crippen molar-refractivity contribution in [3.8, 4) is 0 Å². The maximum atomic E-state index is 3.33. The van der Waals surface area contributed by atoms with E-state index in [0.29, 0.717) is 0 Å². The number of fused-ring (bicyclic) bond motifs is 2. The van der Waals surface area contributed by atoms with Gasteiger partial charge in [-0.3, -0.25) is 4.90 Å². The maximum absolute atomic E-state index is 3.33. The van der Waals surface area contributed by atoms with Crippen molar-refractivity contribution in [2.45, 2.75) is 39.9 Å². The van der Waals surface area contributed by atoms with E-state index in [-0.39, 0.29) is 7.43 Å². The van der Waals surface area contributed by atoms with Gasteiger partial charge in [0.05, 0.1) is 0 Å². The highest BCUT2D eigenvalue weighted by Gasteiger charge is 2.16. The van der Waals surface area contributed by atoms with Crippen molar-refractivity contribution in [3.63, 3.8) is 0 Å². The van der Waals surface area contributed by atoms with E-state index < -0.39 is 0 Å². The Kier molecular flexibility index (Phi) is 6.31. The normalized spacial score (nSPS) is 15.8. The lowest BCUT2D eigenvalue weighted by Gasteiger charge is -2.26. The summed E-state index contributed by atoms with van der Waals surface area (Å²) in [5.41, 5.74) is 7.12. The van der Waals surface area contributed by atoms with E-state index in [1.54, 1.807) is 0 Å². The first kappa shape index (κ1) is 18.5. The van der Waals surface area contributed by atoms with E-state index in [1.165, 1.54) is 47.5 Å². The third-order valence-corrected chi connectivity index (χ3v) is 5.06. The Morgan fingerprint density at radius 3 is 2.35 bits per heavy atom. The molecule has 5 rings (SSSR count). The summed E-state index contributed by atoms with van der Waals surface area (Å²) >= 11 is 0. The van der Waals surface area contributed by atoms with Crippen LogP contribution in [0.25, 0.3) is 0 Å². The Balaban J connectivity index is 0.000000167. The number of nitrogens with one attached hydrogen (secondary N) is 3. The summed E-state index contributed by atoms with van der Waals surface area (Å²) in [4.78, 5) is 9.02. The second kappa shape index (κ2) is 8.88. The summed E-state index contributed by atoms with van der Waals surface area (Å²) in [6, 6.07) is 15.1. The van der Waals surface area contributed by atoms with Gasteiger partial charge in [-0.15, -0.1) is 0 Å². The average Bonchev–Trinajstić information content (AvgIpc) is 3.32. The van der Waals surface area contributed by atoms with E-state index >= 15 is 0 Å². The molecule has 2 aliphatic rings. The van der Waals surface area contributed by atoms with Crippen LogP contribution in [0.15, 0.2) is 54.9 Å². The third-order valence-electron chi connectivity index (χ3n) is 5.06. The van der Waals surface area contributed by atoms with Crippen LogP contribution in [-0.4, -0.2) is 28.0 Å². The average molecular weight is 351 g/mol. The first-order valence-corrected chi connectivity index (χ1v) is 9.16. The number of aromatic amines is 2. The van der Waals surface area contributed by atoms with Crippen molar-refractivity contribution in [2.75, 3.05) is 13.1 Å². The van der Waals surface area contributed by atoms with Crippen molar-refractivity contribution in [1.82, 2.24) is 20.2 Å². The van der Waals surface area contributed by atoms with Crippen molar-refractivity contribution in [1.29, 1.82) is 0 Å². The van der Waals surface area contributed by atoms with Crippen LogP contribution in [0.5, 0.6) is 0 Å². The zero-order valence-corrected chi connectivity index (χ0v) is 14.6. The maximum Gasteiger partial charge on any atom is 0.0391 e. The Labute approximate surface area is 156 Å². The molecule has 0 saturated heterocycles. The summed E-state index contributed by atoms with van der Waals surface area (Å²) in [5.74, 6) is 0. The van der Waals surface area contributed by atoms with Crippen LogP contribution < -0.4 is 5.32 Å². The van der Waals surface area contributed by atoms with Gasteiger partial charge in [0.1, 0.15) is 0 Å². The molecule has 0 spiro atoms. The van der Waals surface area contributed by atoms with Gasteiger partial charge in [0.15, 0.2) is 0 Å². The molecular weight excluding hydrogens is 320 g/mol. The standard InChI is InChI=1S/C14H16N2.C7H10N2.CH4/c1-2-4-12(5-3-1)10-16-9-7-13-6-8-15-14(13)11-16;1-3-8-5-7-6(1)2-4-9-7;/h1-6,8,15H,7,9-11H2;2,4,8-9H,1,3,5H2;1H4. The number of nitrogens with zero attached hydrogens (tertiary/aromatic N) is 1. The Bertz CT molecular complexity index is 767. The molecule has 0 fully saturated rings. The lowest BCUT2D eigenvalue weighted by Crippen LogP contribution is -2.29. The fraction of sp³-hybridized carbons (Fsp3) is 0.364. The molecule has 138 valence electrons. The van der Waals surface area contributed by atoms with Gasteiger partial charge in [-0.1, -0.05) is 37.8 Å². The van der Waals surface area contributed by atoms with E-state index in [4.69, 9.17) is 0 Å². The highest BCUT2D eigenvalue weighted by atomic mass is 15.1. The number of rotatable bonds is 2. The number of benzene rings is 1. The number of H-pyrrole nitrogens is 2. The molecule has 4 heteroatoms. The molecule has 3 N–H and O–H groups in total. The minimum atomic E-state index is 0. The van der Waals surface area contributed by atoms with Gasteiger partial charge in [0.25, 0.3) is 0 Å². The molecule has 0 saturated carbocycles. The summed E-state index contributed by atoms with van der Waals surface area (Å²) in [6.07, 6.45) is 6.42. The van der Waals surface area contributed by atoms with Crippen LogP contribution in [0, 0.1) is 0 Å². The van der Waals surface area contributed by atoms with E-state index in [2.05, 4.69) is 68.8 Å². The lowest BCUT2D eigenvalue weighted by molar-refractivity contribution is 0.243. The lowest BCUT2D eigenvalue weighted by atomic mass is 10.1. The first-order chi connectivity index (χ1) is 12.4. The number of hydrogen-bond donors (Lipinski definition) is 3. The van der Waals surface area contributed by atoms with E-state index in [9.17, 15) is 0 Å². The van der Waals surface area contributed by atoms with E-state index in [1.807, 2.05) is 6.20 Å². The van der Waals surface area contributed by atoms with Gasteiger partial charge in [0.2, 0.25) is 0 Å². The van der Waals surface area contributed by atoms with E-state index in [0.717, 1.165) is 26.2 Å². The van der Waals surface area contributed by atoms with Crippen LogP contribution in [0.4, 0.5) is 0 Å². The molecule has 1 aromatic carbocycles. The summed E-state index contributed by atoms with van der Waals surface area (Å²) < 4.78 is 0. The third kappa shape index (κ3) is 4.45. The quantitative estimate of drug-likeness (QED) is 0.657. The van der Waals surface area contributed by atoms with Gasteiger partial charge in [-0.2, -0.15) is 0 Å². The Morgan fingerprint density at radius 2 is 1.58 bits per heavy atom. The number of hydrogen-bond acceptors (Lipinski definition) is 2. The van der Waals surface area contributed by atoms with Gasteiger partial charge in [-0.05, 0) is 48.2 Å². The molecule has 0 bridgehead atoms. The van der Waals surface area contributed by atoms with Gasteiger partial charge in [-0.25, -0.2) is 0 Å². The monoisotopic (exact) mass is 350 g/mol. The van der Waals surface area contributed by atoms with Crippen LogP contribution in [0.3, 0.4) is 0 Å².